The Balaban J connectivity index is 2.06. The van der Waals surface area contributed by atoms with E-state index in [1.54, 1.807) is 0 Å². The highest BCUT2D eigenvalue weighted by molar-refractivity contribution is 6.19. The number of hydrogen-bond acceptors (Lipinski definition) is 1. The zero-order chi connectivity index (χ0) is 12.8. The molecule has 0 saturated heterocycles. The summed E-state index contributed by atoms with van der Waals surface area (Å²) in [6.07, 6.45) is 5.35. The van der Waals surface area contributed by atoms with Crippen LogP contribution in [0.4, 0.5) is 0 Å². The smallest absolute Gasteiger partial charge is 0.134 e. The van der Waals surface area contributed by atoms with Gasteiger partial charge in [-0.05, 0) is 48.3 Å². The Bertz CT molecular complexity index is 289. The molecule has 0 heterocycles. The van der Waals surface area contributed by atoms with E-state index in [0.29, 0.717) is 22.9 Å². The second-order valence-corrected chi connectivity index (χ2v) is 7.40. The molecule has 0 radical (unpaired) electrons. The van der Waals surface area contributed by atoms with Crippen LogP contribution in [-0.4, -0.2) is 11.7 Å². The minimum absolute atomic E-state index is 0.114. The van der Waals surface area contributed by atoms with Crippen molar-refractivity contribution in [1.29, 1.82) is 0 Å². The van der Waals surface area contributed by atoms with Crippen LogP contribution in [0.3, 0.4) is 0 Å². The van der Waals surface area contributed by atoms with Crippen molar-refractivity contribution in [1.82, 2.24) is 0 Å². The highest BCUT2D eigenvalue weighted by Gasteiger charge is 2.62. The first-order valence-electron chi connectivity index (χ1n) is 7.12. The van der Waals surface area contributed by atoms with Gasteiger partial charge in [0.15, 0.2) is 0 Å². The normalized spacial score (nSPS) is 42.7. The summed E-state index contributed by atoms with van der Waals surface area (Å²) < 4.78 is 6.20. The van der Waals surface area contributed by atoms with Gasteiger partial charge < -0.3 is 4.74 Å². The molecule has 2 bridgehead atoms. The molecule has 0 aromatic carbocycles. The van der Waals surface area contributed by atoms with E-state index in [-0.39, 0.29) is 5.56 Å². The first-order valence-corrected chi connectivity index (χ1v) is 7.56. The predicted molar refractivity (Wildman–Crippen MR) is 73.2 cm³/mol. The highest BCUT2D eigenvalue weighted by atomic mass is 35.5. The van der Waals surface area contributed by atoms with Gasteiger partial charge in [-0.15, -0.1) is 0 Å². The van der Waals surface area contributed by atoms with Crippen molar-refractivity contribution in [2.75, 3.05) is 0 Å². The molecule has 2 rings (SSSR count). The third kappa shape index (κ3) is 1.94. The second-order valence-electron chi connectivity index (χ2n) is 6.97. The third-order valence-electron chi connectivity index (χ3n) is 6.10. The third-order valence-corrected chi connectivity index (χ3v) is 6.63. The molecule has 17 heavy (non-hydrogen) atoms. The van der Waals surface area contributed by atoms with Crippen molar-refractivity contribution in [3.05, 3.63) is 0 Å². The van der Waals surface area contributed by atoms with Gasteiger partial charge in [-0.1, -0.05) is 46.2 Å². The zero-order valence-corrected chi connectivity index (χ0v) is 12.7. The van der Waals surface area contributed by atoms with E-state index in [0.717, 1.165) is 12.3 Å². The maximum atomic E-state index is 6.38. The lowest BCUT2D eigenvalue weighted by atomic mass is 9.70. The van der Waals surface area contributed by atoms with Gasteiger partial charge in [0.2, 0.25) is 0 Å². The van der Waals surface area contributed by atoms with Crippen LogP contribution in [0.2, 0.25) is 0 Å². The maximum Gasteiger partial charge on any atom is 0.134 e. The van der Waals surface area contributed by atoms with E-state index in [4.69, 9.17) is 16.3 Å². The summed E-state index contributed by atoms with van der Waals surface area (Å²) in [4.78, 5) is 0. The minimum atomic E-state index is -0.114. The average Bonchev–Trinajstić information content (AvgIpc) is 2.60. The van der Waals surface area contributed by atoms with E-state index >= 15 is 0 Å². The number of fused-ring (bicyclic) bond motifs is 2. The second kappa shape index (κ2) is 4.42. The molecule has 1 nitrogen and oxygen atoms in total. The van der Waals surface area contributed by atoms with Gasteiger partial charge in [-0.3, -0.25) is 0 Å². The molecule has 2 aliphatic carbocycles. The molecule has 0 amide bonds. The standard InChI is InChI=1S/C15H27ClO/c1-6-10(2)13(16)17-12-9-11-7-8-15(12,5)14(11,3)4/h10-13H,6-9H2,1-5H3. The van der Waals surface area contributed by atoms with Gasteiger partial charge in [0, 0.05) is 0 Å². The van der Waals surface area contributed by atoms with Crippen LogP contribution in [0.5, 0.6) is 0 Å². The fraction of sp³-hybridized carbons (Fsp3) is 1.00. The minimum Gasteiger partial charge on any atom is -0.358 e. The Morgan fingerprint density at radius 2 is 2.00 bits per heavy atom. The molecule has 2 saturated carbocycles. The molecule has 0 aromatic rings. The molecule has 0 N–H and O–H groups in total. The van der Waals surface area contributed by atoms with Crippen molar-refractivity contribution in [2.24, 2.45) is 22.7 Å². The summed E-state index contributed by atoms with van der Waals surface area (Å²) in [6, 6.07) is 0. The SMILES string of the molecule is CCC(C)C(Cl)OC1CC2CCC1(C)C2(C)C. The van der Waals surface area contributed by atoms with Crippen LogP contribution < -0.4 is 0 Å². The van der Waals surface area contributed by atoms with Crippen LogP contribution in [0.1, 0.15) is 60.3 Å². The topological polar surface area (TPSA) is 9.23 Å². The molecule has 100 valence electrons. The monoisotopic (exact) mass is 258 g/mol. The summed E-state index contributed by atoms with van der Waals surface area (Å²) in [6.45, 7) is 11.6. The molecule has 2 heteroatoms. The van der Waals surface area contributed by atoms with E-state index in [2.05, 4.69) is 34.6 Å². The average molecular weight is 259 g/mol. The molecular formula is C15H27ClO. The van der Waals surface area contributed by atoms with E-state index < -0.39 is 0 Å². The van der Waals surface area contributed by atoms with E-state index in [1.165, 1.54) is 19.3 Å². The lowest BCUT2D eigenvalue weighted by Gasteiger charge is -2.40. The summed E-state index contributed by atoms with van der Waals surface area (Å²) in [5, 5.41) is 0. The Morgan fingerprint density at radius 1 is 1.35 bits per heavy atom. The molecule has 2 fully saturated rings. The van der Waals surface area contributed by atoms with Crippen molar-refractivity contribution in [3.8, 4) is 0 Å². The van der Waals surface area contributed by atoms with Gasteiger partial charge >= 0.3 is 0 Å². The van der Waals surface area contributed by atoms with Crippen molar-refractivity contribution in [2.45, 2.75) is 72.0 Å². The van der Waals surface area contributed by atoms with Crippen molar-refractivity contribution >= 4 is 11.6 Å². The maximum absolute atomic E-state index is 6.38. The van der Waals surface area contributed by atoms with Gasteiger partial charge in [-0.25, -0.2) is 0 Å². The van der Waals surface area contributed by atoms with Crippen LogP contribution in [0.15, 0.2) is 0 Å². The molecule has 0 aliphatic heterocycles. The van der Waals surface area contributed by atoms with Crippen molar-refractivity contribution in [3.63, 3.8) is 0 Å². The zero-order valence-electron chi connectivity index (χ0n) is 11.9. The number of ether oxygens (including phenoxy) is 1. The molecule has 0 aromatic heterocycles. The van der Waals surface area contributed by atoms with E-state index in [9.17, 15) is 0 Å². The Hall–Kier alpha value is 0.250. The lowest BCUT2D eigenvalue weighted by Crippen LogP contribution is -2.39. The Labute approximate surface area is 111 Å². The van der Waals surface area contributed by atoms with Crippen LogP contribution in [0.25, 0.3) is 0 Å². The Morgan fingerprint density at radius 3 is 2.41 bits per heavy atom. The van der Waals surface area contributed by atoms with Crippen LogP contribution in [-0.2, 0) is 4.74 Å². The summed E-state index contributed by atoms with van der Waals surface area (Å²) in [7, 11) is 0. The lowest BCUT2D eigenvalue weighted by molar-refractivity contribution is -0.0735. The van der Waals surface area contributed by atoms with E-state index in [1.807, 2.05) is 0 Å². The first-order chi connectivity index (χ1) is 7.83. The first kappa shape index (κ1) is 13.7. The van der Waals surface area contributed by atoms with Gasteiger partial charge in [0.25, 0.3) is 0 Å². The summed E-state index contributed by atoms with van der Waals surface area (Å²) in [5.41, 5.74) is 0.638. The fourth-order valence-electron chi connectivity index (χ4n) is 3.81. The summed E-state index contributed by atoms with van der Waals surface area (Å²) >= 11 is 6.38. The highest BCUT2D eigenvalue weighted by Crippen LogP contribution is 2.66. The number of alkyl halides is 1. The number of hydrogen-bond donors (Lipinski definition) is 0. The molecule has 5 unspecified atom stereocenters. The van der Waals surface area contributed by atoms with Crippen molar-refractivity contribution < 1.29 is 4.74 Å². The fourth-order valence-corrected chi connectivity index (χ4v) is 4.11. The number of halogens is 1. The van der Waals surface area contributed by atoms with Crippen LogP contribution >= 0.6 is 11.6 Å². The van der Waals surface area contributed by atoms with Gasteiger partial charge in [0.1, 0.15) is 5.56 Å². The quantitative estimate of drug-likeness (QED) is 0.657. The molecule has 5 atom stereocenters. The Kier molecular flexibility index (Phi) is 3.55. The number of rotatable bonds is 4. The van der Waals surface area contributed by atoms with Crippen LogP contribution in [0, 0.1) is 22.7 Å². The predicted octanol–water partition coefficient (Wildman–Crippen LogP) is 4.83. The molecular weight excluding hydrogens is 232 g/mol. The molecule has 2 aliphatic rings. The largest absolute Gasteiger partial charge is 0.358 e. The van der Waals surface area contributed by atoms with Gasteiger partial charge in [-0.2, -0.15) is 0 Å². The molecule has 0 spiro atoms. The summed E-state index contributed by atoms with van der Waals surface area (Å²) in [5.74, 6) is 1.28. The van der Waals surface area contributed by atoms with Gasteiger partial charge in [0.05, 0.1) is 6.10 Å².